The van der Waals surface area contributed by atoms with Crippen LogP contribution in [0.3, 0.4) is 0 Å². The van der Waals surface area contributed by atoms with Gasteiger partial charge >= 0.3 is 0 Å². The number of hydrogen-bond acceptors (Lipinski definition) is 7. The minimum atomic E-state index is -4.08. The van der Waals surface area contributed by atoms with Gasteiger partial charge in [-0.1, -0.05) is 18.2 Å². The number of nitrogens with two attached hydrogens (primary N) is 1. The van der Waals surface area contributed by atoms with Crippen LogP contribution in [0.4, 0.5) is 11.4 Å². The summed E-state index contributed by atoms with van der Waals surface area (Å²) < 4.78 is 50.1. The number of nitro benzene ring substituents is 1. The van der Waals surface area contributed by atoms with Crippen molar-refractivity contribution in [3.63, 3.8) is 0 Å². The fourth-order valence-electron chi connectivity index (χ4n) is 2.98. The highest BCUT2D eigenvalue weighted by molar-refractivity contribution is 7.92. The lowest BCUT2D eigenvalue weighted by molar-refractivity contribution is -0.385. The molecule has 0 fully saturated rings. The minimum Gasteiger partial charge on any atom is -0.346 e. The SMILES string of the molecule is C[C@H](NC(=O)c1ccc(NS(=O)(=O)c2cccc([N+](=O)[O-])c2)cc1)c1ccc(S(N)(=O)=O)cc1. The number of primary sulfonamides is 1. The van der Waals surface area contributed by atoms with Crippen LogP contribution in [0.5, 0.6) is 0 Å². The van der Waals surface area contributed by atoms with Crippen molar-refractivity contribution in [1.82, 2.24) is 5.32 Å². The first kappa shape index (κ1) is 24.8. The molecule has 13 heteroatoms. The van der Waals surface area contributed by atoms with Crippen LogP contribution in [0.25, 0.3) is 0 Å². The molecule has 0 spiro atoms. The van der Waals surface area contributed by atoms with Gasteiger partial charge in [-0.25, -0.2) is 22.0 Å². The average molecular weight is 505 g/mol. The molecule has 178 valence electrons. The normalized spacial score (nSPS) is 12.5. The molecular formula is C21H20N4O7S2. The molecule has 0 radical (unpaired) electrons. The number of anilines is 1. The van der Waals surface area contributed by atoms with Gasteiger partial charge in [-0.05, 0) is 55.0 Å². The van der Waals surface area contributed by atoms with Crippen LogP contribution in [-0.2, 0) is 20.0 Å². The molecule has 0 unspecified atom stereocenters. The van der Waals surface area contributed by atoms with Gasteiger partial charge in [0.15, 0.2) is 0 Å². The Morgan fingerprint density at radius 2 is 1.56 bits per heavy atom. The molecule has 0 aliphatic carbocycles. The highest BCUT2D eigenvalue weighted by Crippen LogP contribution is 2.21. The van der Waals surface area contributed by atoms with Gasteiger partial charge < -0.3 is 5.32 Å². The van der Waals surface area contributed by atoms with E-state index in [-0.39, 0.29) is 26.7 Å². The minimum absolute atomic E-state index is 0.0436. The Morgan fingerprint density at radius 3 is 2.12 bits per heavy atom. The third-order valence-corrected chi connectivity index (χ3v) is 7.10. The predicted octanol–water partition coefficient (Wildman–Crippen LogP) is 2.53. The fraction of sp³-hybridized carbons (Fsp3) is 0.0952. The molecule has 3 aromatic rings. The molecule has 0 aliphatic rings. The van der Waals surface area contributed by atoms with Gasteiger partial charge in [-0.15, -0.1) is 0 Å². The maximum atomic E-state index is 12.5. The molecular weight excluding hydrogens is 484 g/mol. The Hall–Kier alpha value is -3.81. The Kier molecular flexibility index (Phi) is 7.00. The maximum absolute atomic E-state index is 12.5. The first-order valence-corrected chi connectivity index (χ1v) is 12.7. The van der Waals surface area contributed by atoms with Gasteiger partial charge in [0.05, 0.1) is 20.8 Å². The van der Waals surface area contributed by atoms with Crippen molar-refractivity contribution in [2.75, 3.05) is 4.72 Å². The number of carbonyl (C=O) groups excluding carboxylic acids is 1. The van der Waals surface area contributed by atoms with Crippen molar-refractivity contribution in [3.8, 4) is 0 Å². The first-order valence-electron chi connectivity index (χ1n) is 9.68. The molecule has 1 atom stereocenters. The summed E-state index contributed by atoms with van der Waals surface area (Å²) >= 11 is 0. The van der Waals surface area contributed by atoms with Crippen molar-refractivity contribution < 1.29 is 26.6 Å². The number of nitrogens with one attached hydrogen (secondary N) is 2. The fourth-order valence-corrected chi connectivity index (χ4v) is 4.59. The van der Waals surface area contributed by atoms with Gasteiger partial charge in [-0.2, -0.15) is 0 Å². The van der Waals surface area contributed by atoms with E-state index in [1.54, 1.807) is 6.92 Å². The monoisotopic (exact) mass is 504 g/mol. The predicted molar refractivity (Wildman–Crippen MR) is 124 cm³/mol. The van der Waals surface area contributed by atoms with E-state index in [0.29, 0.717) is 5.56 Å². The van der Waals surface area contributed by atoms with Gasteiger partial charge in [0.1, 0.15) is 0 Å². The number of amides is 1. The molecule has 1 amide bonds. The van der Waals surface area contributed by atoms with Crippen molar-refractivity contribution in [2.24, 2.45) is 5.14 Å². The second kappa shape index (κ2) is 9.59. The zero-order valence-corrected chi connectivity index (χ0v) is 19.3. The van der Waals surface area contributed by atoms with E-state index in [1.165, 1.54) is 66.7 Å². The Bertz CT molecular complexity index is 1440. The summed E-state index contributed by atoms with van der Waals surface area (Å²) in [4.78, 5) is 22.4. The number of sulfonamides is 2. The number of nitrogens with zero attached hydrogens (tertiary/aromatic N) is 1. The van der Waals surface area contributed by atoms with Gasteiger partial charge in [-0.3, -0.25) is 19.6 Å². The van der Waals surface area contributed by atoms with Crippen molar-refractivity contribution in [2.45, 2.75) is 22.8 Å². The molecule has 0 aromatic heterocycles. The lowest BCUT2D eigenvalue weighted by atomic mass is 10.1. The molecule has 3 aromatic carbocycles. The summed E-state index contributed by atoms with van der Waals surface area (Å²) in [7, 11) is -7.90. The van der Waals surface area contributed by atoms with Crippen LogP contribution >= 0.6 is 0 Å². The zero-order valence-electron chi connectivity index (χ0n) is 17.7. The number of benzene rings is 3. The van der Waals surface area contributed by atoms with Gasteiger partial charge in [0.2, 0.25) is 10.0 Å². The second-order valence-corrected chi connectivity index (χ2v) is 10.5. The molecule has 0 bridgehead atoms. The quantitative estimate of drug-likeness (QED) is 0.311. The van der Waals surface area contributed by atoms with E-state index in [0.717, 1.165) is 6.07 Å². The molecule has 0 aliphatic heterocycles. The molecule has 0 saturated heterocycles. The van der Waals surface area contributed by atoms with E-state index in [9.17, 15) is 31.7 Å². The summed E-state index contributed by atoms with van der Waals surface area (Å²) in [5.74, 6) is -0.434. The average Bonchev–Trinajstić information content (AvgIpc) is 2.79. The van der Waals surface area contributed by atoms with E-state index < -0.39 is 36.9 Å². The van der Waals surface area contributed by atoms with Crippen LogP contribution < -0.4 is 15.2 Å². The van der Waals surface area contributed by atoms with E-state index in [2.05, 4.69) is 10.0 Å². The molecule has 3 rings (SSSR count). The van der Waals surface area contributed by atoms with Crippen LogP contribution in [-0.4, -0.2) is 27.7 Å². The highest BCUT2D eigenvalue weighted by Gasteiger charge is 2.18. The summed E-state index contributed by atoms with van der Waals surface area (Å²) in [6.07, 6.45) is 0. The van der Waals surface area contributed by atoms with Crippen LogP contribution in [0, 0.1) is 10.1 Å². The lowest BCUT2D eigenvalue weighted by Gasteiger charge is -2.15. The third kappa shape index (κ3) is 5.95. The van der Waals surface area contributed by atoms with E-state index >= 15 is 0 Å². The largest absolute Gasteiger partial charge is 0.346 e. The highest BCUT2D eigenvalue weighted by atomic mass is 32.2. The number of rotatable bonds is 8. The summed E-state index contributed by atoms with van der Waals surface area (Å²) in [6.45, 7) is 1.71. The van der Waals surface area contributed by atoms with Gasteiger partial charge in [0, 0.05) is 23.4 Å². The molecule has 11 nitrogen and oxygen atoms in total. The van der Waals surface area contributed by atoms with E-state index in [1.807, 2.05) is 0 Å². The van der Waals surface area contributed by atoms with Crippen LogP contribution in [0.15, 0.2) is 82.6 Å². The molecule has 0 heterocycles. The Balaban J connectivity index is 1.68. The number of hydrogen-bond donors (Lipinski definition) is 3. The molecule has 34 heavy (non-hydrogen) atoms. The molecule has 0 saturated carbocycles. The van der Waals surface area contributed by atoms with Crippen LogP contribution in [0.1, 0.15) is 28.9 Å². The van der Waals surface area contributed by atoms with Crippen molar-refractivity contribution in [3.05, 3.63) is 94.0 Å². The zero-order chi connectivity index (χ0) is 25.1. The number of non-ortho nitro benzene ring substituents is 1. The summed E-state index contributed by atoms with van der Waals surface area (Å²) in [6, 6.07) is 15.5. The maximum Gasteiger partial charge on any atom is 0.270 e. The Morgan fingerprint density at radius 1 is 0.941 bits per heavy atom. The van der Waals surface area contributed by atoms with Crippen molar-refractivity contribution >= 4 is 37.3 Å². The topological polar surface area (TPSA) is 179 Å². The van der Waals surface area contributed by atoms with E-state index in [4.69, 9.17) is 5.14 Å². The summed E-state index contributed by atoms with van der Waals surface area (Å²) in [5.41, 5.74) is 0.714. The first-order chi connectivity index (χ1) is 15.9. The number of nitro groups is 1. The van der Waals surface area contributed by atoms with Gasteiger partial charge in [0.25, 0.3) is 21.6 Å². The Labute approximate surface area is 195 Å². The number of carbonyl (C=O) groups is 1. The molecule has 4 N–H and O–H groups in total. The standard InChI is InChI=1S/C21H20N4O7S2/c1-14(15-7-11-19(12-8-15)33(22,29)30)23-21(26)16-5-9-17(10-6-16)24-34(31,32)20-4-2-3-18(13-20)25(27)28/h2-14,24H,1H3,(H,23,26)(H2,22,29,30)/t14-/m0/s1. The second-order valence-electron chi connectivity index (χ2n) is 7.25. The van der Waals surface area contributed by atoms with Crippen LogP contribution in [0.2, 0.25) is 0 Å². The lowest BCUT2D eigenvalue weighted by Crippen LogP contribution is -2.26. The smallest absolute Gasteiger partial charge is 0.270 e. The third-order valence-electron chi connectivity index (χ3n) is 4.79. The summed E-state index contributed by atoms with van der Waals surface area (Å²) in [5, 5.41) is 18.7. The van der Waals surface area contributed by atoms with Crippen molar-refractivity contribution in [1.29, 1.82) is 0 Å².